The minimum Gasteiger partial charge on any atom is -0.273 e. The summed E-state index contributed by atoms with van der Waals surface area (Å²) in [5, 5.41) is 1.50. The number of carbonyl (C=O) groups is 2. The number of amides is 2. The average Bonchev–Trinajstić information content (AvgIpc) is 2.53. The largest absolute Gasteiger partial charge is 0.290 e. The summed E-state index contributed by atoms with van der Waals surface area (Å²) >= 11 is 0. The summed E-state index contributed by atoms with van der Waals surface area (Å²) in [7, 11) is 0. The Morgan fingerprint density at radius 3 is 2.65 bits per heavy atom. The summed E-state index contributed by atoms with van der Waals surface area (Å²) in [5.41, 5.74) is 2.92. The van der Waals surface area contributed by atoms with Gasteiger partial charge in [-0.3, -0.25) is 25.0 Å². The molecule has 1 heterocycles. The molecule has 0 unspecified atom stereocenters. The van der Waals surface area contributed by atoms with Crippen LogP contribution in [0, 0.1) is 0 Å². The highest BCUT2D eigenvalue weighted by Crippen LogP contribution is 2.22. The second-order valence-corrected chi connectivity index (χ2v) is 4.94. The van der Waals surface area contributed by atoms with Crippen molar-refractivity contribution in [2.75, 3.05) is 0 Å². The predicted octanol–water partition coefficient (Wildman–Crippen LogP) is 1.69. The maximum absolute atomic E-state index is 12.1. The number of aromatic nitrogens is 2. The maximum atomic E-state index is 12.1. The van der Waals surface area contributed by atoms with Gasteiger partial charge in [-0.25, -0.2) is 4.98 Å². The first-order chi connectivity index (χ1) is 9.72. The van der Waals surface area contributed by atoms with Gasteiger partial charge in [-0.2, -0.15) is 0 Å². The molecule has 1 aliphatic rings. The Bertz CT molecular complexity index is 458. The van der Waals surface area contributed by atoms with Gasteiger partial charge >= 0.3 is 0 Å². The molecule has 1 saturated carbocycles. The van der Waals surface area contributed by atoms with Gasteiger partial charge in [0.05, 0.1) is 12.2 Å². The number of nitrogens with zero attached hydrogens (tertiary/aromatic N) is 3. The topological polar surface area (TPSA) is 75.2 Å². The second-order valence-electron chi connectivity index (χ2n) is 4.94. The summed E-state index contributed by atoms with van der Waals surface area (Å²) in [6.45, 7) is 1.80. The molecule has 1 N–H and O–H groups in total. The van der Waals surface area contributed by atoms with Crippen LogP contribution in [0.4, 0.5) is 0 Å². The third-order valence-electron chi connectivity index (χ3n) is 3.53. The first-order valence-corrected chi connectivity index (χ1v) is 7.11. The zero-order valence-corrected chi connectivity index (χ0v) is 11.7. The average molecular weight is 276 g/mol. The van der Waals surface area contributed by atoms with E-state index in [0.717, 1.165) is 25.7 Å². The Morgan fingerprint density at radius 1 is 1.30 bits per heavy atom. The fourth-order valence-corrected chi connectivity index (χ4v) is 2.45. The molecule has 0 atom stereocenters. The minimum atomic E-state index is -0.384. The monoisotopic (exact) mass is 276 g/mol. The van der Waals surface area contributed by atoms with Crippen LogP contribution in [0.15, 0.2) is 18.6 Å². The molecule has 6 heteroatoms. The van der Waals surface area contributed by atoms with Crippen molar-refractivity contribution < 1.29 is 9.59 Å². The normalized spacial score (nSPS) is 15.7. The van der Waals surface area contributed by atoms with Crippen LogP contribution >= 0.6 is 0 Å². The van der Waals surface area contributed by atoms with Crippen LogP contribution in [0.3, 0.4) is 0 Å². The number of hydrogen-bond donors (Lipinski definition) is 1. The quantitative estimate of drug-likeness (QED) is 0.852. The SMILES string of the molecule is CCC(=O)N(NC(=O)c1cnccn1)C1CCCCC1. The Balaban J connectivity index is 2.07. The van der Waals surface area contributed by atoms with Crippen LogP contribution in [-0.4, -0.2) is 32.8 Å². The van der Waals surface area contributed by atoms with Crippen molar-refractivity contribution in [3.63, 3.8) is 0 Å². The van der Waals surface area contributed by atoms with Gasteiger partial charge in [0.25, 0.3) is 5.91 Å². The van der Waals surface area contributed by atoms with Crippen LogP contribution in [0.1, 0.15) is 55.9 Å². The lowest BCUT2D eigenvalue weighted by Gasteiger charge is -2.34. The molecule has 2 amide bonds. The van der Waals surface area contributed by atoms with E-state index in [0.29, 0.717) is 6.42 Å². The number of rotatable bonds is 3. The van der Waals surface area contributed by atoms with Crippen molar-refractivity contribution in [3.05, 3.63) is 24.3 Å². The molecule has 1 aromatic heterocycles. The zero-order chi connectivity index (χ0) is 14.4. The first-order valence-electron chi connectivity index (χ1n) is 7.11. The van der Waals surface area contributed by atoms with E-state index in [1.807, 2.05) is 0 Å². The van der Waals surface area contributed by atoms with Gasteiger partial charge in [-0.05, 0) is 12.8 Å². The van der Waals surface area contributed by atoms with Crippen LogP contribution in [0.5, 0.6) is 0 Å². The molecule has 1 aromatic rings. The van der Waals surface area contributed by atoms with Crippen molar-refractivity contribution in [2.24, 2.45) is 0 Å². The lowest BCUT2D eigenvalue weighted by Crippen LogP contribution is -2.52. The first kappa shape index (κ1) is 14.4. The van der Waals surface area contributed by atoms with Gasteiger partial charge in [-0.15, -0.1) is 0 Å². The summed E-state index contributed by atoms with van der Waals surface area (Å²) in [6.07, 6.45) is 10.00. The third kappa shape index (κ3) is 3.53. The molecular formula is C14H20N4O2. The highest BCUT2D eigenvalue weighted by Gasteiger charge is 2.26. The molecule has 0 aliphatic heterocycles. The van der Waals surface area contributed by atoms with E-state index in [1.165, 1.54) is 30.0 Å². The highest BCUT2D eigenvalue weighted by atomic mass is 16.2. The Hall–Kier alpha value is -1.98. The molecule has 6 nitrogen and oxygen atoms in total. The van der Waals surface area contributed by atoms with Crippen LogP contribution < -0.4 is 5.43 Å². The second kappa shape index (κ2) is 6.98. The van der Waals surface area contributed by atoms with E-state index in [1.54, 1.807) is 6.92 Å². The molecule has 0 saturated heterocycles. The van der Waals surface area contributed by atoms with Crippen molar-refractivity contribution >= 4 is 11.8 Å². The van der Waals surface area contributed by atoms with E-state index in [-0.39, 0.29) is 23.6 Å². The lowest BCUT2D eigenvalue weighted by atomic mass is 9.95. The van der Waals surface area contributed by atoms with E-state index in [2.05, 4.69) is 15.4 Å². The molecule has 0 spiro atoms. The molecule has 1 aliphatic carbocycles. The van der Waals surface area contributed by atoms with E-state index >= 15 is 0 Å². The predicted molar refractivity (Wildman–Crippen MR) is 73.5 cm³/mol. The fraction of sp³-hybridized carbons (Fsp3) is 0.571. The molecule has 108 valence electrons. The summed E-state index contributed by atoms with van der Waals surface area (Å²) in [5.74, 6) is -0.445. The van der Waals surface area contributed by atoms with Gasteiger partial charge in [0.2, 0.25) is 5.91 Å². The maximum Gasteiger partial charge on any atom is 0.290 e. The van der Waals surface area contributed by atoms with E-state index < -0.39 is 0 Å². The van der Waals surface area contributed by atoms with Crippen molar-refractivity contribution in [1.29, 1.82) is 0 Å². The van der Waals surface area contributed by atoms with Crippen molar-refractivity contribution in [3.8, 4) is 0 Å². The van der Waals surface area contributed by atoms with Gasteiger partial charge < -0.3 is 0 Å². The van der Waals surface area contributed by atoms with Crippen molar-refractivity contribution in [2.45, 2.75) is 51.5 Å². The molecule has 0 bridgehead atoms. The third-order valence-corrected chi connectivity index (χ3v) is 3.53. The van der Waals surface area contributed by atoms with Crippen LogP contribution in [0.25, 0.3) is 0 Å². The standard InChI is InChI=1S/C14H20N4O2/c1-2-13(19)18(11-6-4-3-5-7-11)17-14(20)12-10-15-8-9-16-12/h8-11H,2-7H2,1H3,(H,17,20). The van der Waals surface area contributed by atoms with Gasteiger partial charge in [0.15, 0.2) is 0 Å². The highest BCUT2D eigenvalue weighted by molar-refractivity contribution is 5.93. The molecule has 0 aromatic carbocycles. The summed E-state index contributed by atoms with van der Waals surface area (Å²) in [4.78, 5) is 32.0. The summed E-state index contributed by atoms with van der Waals surface area (Å²) in [6, 6.07) is 0.0943. The number of carbonyl (C=O) groups excluding carboxylic acids is 2. The van der Waals surface area contributed by atoms with Crippen LogP contribution in [-0.2, 0) is 4.79 Å². The summed E-state index contributed by atoms with van der Waals surface area (Å²) < 4.78 is 0. The molecule has 20 heavy (non-hydrogen) atoms. The smallest absolute Gasteiger partial charge is 0.273 e. The fourth-order valence-electron chi connectivity index (χ4n) is 2.45. The molecule has 0 radical (unpaired) electrons. The molecule has 1 fully saturated rings. The van der Waals surface area contributed by atoms with Gasteiger partial charge in [0, 0.05) is 18.8 Å². The Morgan fingerprint density at radius 2 is 2.05 bits per heavy atom. The molecule has 2 rings (SSSR count). The van der Waals surface area contributed by atoms with E-state index in [9.17, 15) is 9.59 Å². The van der Waals surface area contributed by atoms with Gasteiger partial charge in [-0.1, -0.05) is 26.2 Å². The molecular weight excluding hydrogens is 256 g/mol. The zero-order valence-electron chi connectivity index (χ0n) is 11.7. The van der Waals surface area contributed by atoms with Crippen LogP contribution in [0.2, 0.25) is 0 Å². The number of hydrogen-bond acceptors (Lipinski definition) is 4. The van der Waals surface area contributed by atoms with Crippen molar-refractivity contribution in [1.82, 2.24) is 20.4 Å². The Kier molecular flexibility index (Phi) is 5.03. The Labute approximate surface area is 118 Å². The minimum absolute atomic E-state index is 0.0610. The number of nitrogens with one attached hydrogen (secondary N) is 1. The van der Waals surface area contributed by atoms with Gasteiger partial charge in [0.1, 0.15) is 5.69 Å². The number of hydrazine groups is 1. The lowest BCUT2D eigenvalue weighted by molar-refractivity contribution is -0.136. The van der Waals surface area contributed by atoms with E-state index in [4.69, 9.17) is 0 Å².